The first kappa shape index (κ1) is 35.3. The Balaban J connectivity index is 1.85. The number of amides is 1. The highest BCUT2D eigenvalue weighted by atomic mass is 19.4. The number of alkyl halides is 6. The van der Waals surface area contributed by atoms with Gasteiger partial charge in [0.2, 0.25) is 5.95 Å². The minimum Gasteiger partial charge on any atom is -0.490 e. The van der Waals surface area contributed by atoms with E-state index in [4.69, 9.17) is 14.6 Å². The fraction of sp³-hybridized carbons (Fsp3) is 0.438. The Hall–Kier alpha value is -4.56. The quantitative estimate of drug-likeness (QED) is 0.162. The van der Waals surface area contributed by atoms with Gasteiger partial charge in [-0.3, -0.25) is 9.69 Å². The Kier molecular flexibility index (Phi) is 10.9. The lowest BCUT2D eigenvalue weighted by atomic mass is 9.87. The number of nitrogens with zero attached hydrogens (tertiary/aromatic N) is 4. The van der Waals surface area contributed by atoms with Crippen LogP contribution in [-0.4, -0.2) is 46.4 Å². The van der Waals surface area contributed by atoms with Crippen molar-refractivity contribution in [3.05, 3.63) is 76.6 Å². The lowest BCUT2D eigenvalue weighted by Crippen LogP contribution is -2.48. The predicted octanol–water partition coefficient (Wildman–Crippen LogP) is 7.96. The van der Waals surface area contributed by atoms with Gasteiger partial charge in [0, 0.05) is 19.0 Å². The summed E-state index contributed by atoms with van der Waals surface area (Å²) < 4.78 is 94.1. The van der Waals surface area contributed by atoms with Crippen LogP contribution in [0.25, 0.3) is 0 Å². The fourth-order valence-corrected chi connectivity index (χ4v) is 5.57. The normalized spacial score (nSPS) is 16.4. The predicted molar refractivity (Wildman–Crippen MR) is 159 cm³/mol. The number of fused-ring (bicyclic) bond motifs is 1. The van der Waals surface area contributed by atoms with Gasteiger partial charge < -0.3 is 19.5 Å². The molecule has 1 aliphatic heterocycles. The number of hydrogen-bond acceptors (Lipinski definition) is 7. The van der Waals surface area contributed by atoms with E-state index in [9.17, 15) is 35.9 Å². The second kappa shape index (κ2) is 14.5. The molecule has 0 spiro atoms. The van der Waals surface area contributed by atoms with Gasteiger partial charge in [-0.15, -0.1) is 0 Å². The molecule has 0 bridgehead atoms. The summed E-state index contributed by atoms with van der Waals surface area (Å²) in [4.78, 5) is 35.4. The van der Waals surface area contributed by atoms with Crippen molar-refractivity contribution in [3.8, 4) is 5.75 Å². The highest BCUT2D eigenvalue weighted by molar-refractivity contribution is 5.90. The van der Waals surface area contributed by atoms with Crippen molar-refractivity contribution < 1.29 is 50.5 Å². The largest absolute Gasteiger partial charge is 0.490 e. The zero-order chi connectivity index (χ0) is 34.5. The lowest BCUT2D eigenvalue weighted by Gasteiger charge is -2.44. The zero-order valence-corrected chi connectivity index (χ0v) is 25.9. The first-order chi connectivity index (χ1) is 22.1. The summed E-state index contributed by atoms with van der Waals surface area (Å²) in [6.07, 6.45) is -6.95. The maximum absolute atomic E-state index is 14.0. The van der Waals surface area contributed by atoms with Gasteiger partial charge in [-0.1, -0.05) is 18.6 Å². The highest BCUT2D eigenvalue weighted by Crippen LogP contribution is 2.46. The van der Waals surface area contributed by atoms with Gasteiger partial charge in [0.15, 0.2) is 5.75 Å². The molecule has 4 rings (SSSR count). The van der Waals surface area contributed by atoms with Crippen LogP contribution in [0.1, 0.15) is 73.4 Å². The molecule has 2 aromatic carbocycles. The molecule has 254 valence electrons. The summed E-state index contributed by atoms with van der Waals surface area (Å²) >= 11 is 0. The highest BCUT2D eigenvalue weighted by Gasteiger charge is 2.42. The van der Waals surface area contributed by atoms with Crippen LogP contribution in [0.5, 0.6) is 5.75 Å². The number of aryl methyl sites for hydroxylation is 1. The number of rotatable bonds is 11. The monoisotopic (exact) mass is 668 g/mol. The lowest BCUT2D eigenvalue weighted by molar-refractivity contribution is -0.138. The summed E-state index contributed by atoms with van der Waals surface area (Å²) in [6, 6.07) is 5.04. The maximum Gasteiger partial charge on any atom is 0.416 e. The number of halogens is 6. The van der Waals surface area contributed by atoms with Crippen LogP contribution in [0, 0.1) is 6.92 Å². The molecule has 0 saturated carbocycles. The maximum atomic E-state index is 14.0. The van der Waals surface area contributed by atoms with Crippen molar-refractivity contribution in [1.82, 2.24) is 9.97 Å². The molecule has 1 amide bonds. The summed E-state index contributed by atoms with van der Waals surface area (Å²) in [5.74, 6) is -0.808. The van der Waals surface area contributed by atoms with Crippen LogP contribution >= 0.6 is 0 Å². The number of hydrogen-bond donors (Lipinski definition) is 1. The van der Waals surface area contributed by atoms with Crippen LogP contribution in [0.3, 0.4) is 0 Å². The molecule has 1 N–H and O–H groups in total. The van der Waals surface area contributed by atoms with Gasteiger partial charge >= 0.3 is 24.4 Å². The third-order valence-electron chi connectivity index (χ3n) is 7.64. The zero-order valence-electron chi connectivity index (χ0n) is 25.9. The summed E-state index contributed by atoms with van der Waals surface area (Å²) in [7, 11) is 0. The number of carboxylic acid groups (broad SMARTS) is 1. The Morgan fingerprint density at radius 3 is 2.28 bits per heavy atom. The topological polar surface area (TPSA) is 105 Å². The fourth-order valence-electron chi connectivity index (χ4n) is 5.57. The van der Waals surface area contributed by atoms with E-state index in [1.54, 1.807) is 19.9 Å². The SMILES string of the molecule is CCOC(=O)N1c2ccc(C(F)(F)F)cc2[C@@H](N(Cc2cc(C)cc(C(F)(F)F)c2)c2ncc(OCCCC(=O)O)cn2)C[C@H]1CC. The third kappa shape index (κ3) is 8.63. The van der Waals surface area contributed by atoms with E-state index in [0.29, 0.717) is 12.0 Å². The van der Waals surface area contributed by atoms with Gasteiger partial charge in [-0.2, -0.15) is 26.3 Å². The Labute approximate surface area is 267 Å². The smallest absolute Gasteiger partial charge is 0.416 e. The van der Waals surface area contributed by atoms with E-state index in [1.807, 2.05) is 0 Å². The molecule has 1 aliphatic rings. The number of carbonyl (C=O) groups excluding carboxylic acids is 1. The second-order valence-electron chi connectivity index (χ2n) is 11.1. The Morgan fingerprint density at radius 1 is 1.00 bits per heavy atom. The number of ether oxygens (including phenoxy) is 2. The third-order valence-corrected chi connectivity index (χ3v) is 7.64. The molecule has 0 aliphatic carbocycles. The number of carbonyl (C=O) groups is 2. The van der Waals surface area contributed by atoms with Crippen LogP contribution < -0.4 is 14.5 Å². The van der Waals surface area contributed by atoms with Crippen LogP contribution in [0.15, 0.2) is 48.8 Å². The second-order valence-corrected chi connectivity index (χ2v) is 11.1. The van der Waals surface area contributed by atoms with Crippen LogP contribution in [-0.2, 0) is 28.4 Å². The number of aromatic nitrogens is 2. The minimum atomic E-state index is -4.73. The standard InChI is InChI=1S/C32H34F6N4O5/c1-4-23-15-27(25-14-21(31(33,34)35)8-9-26(25)42(23)30(45)46-5-2)41(18-20-11-19(3)12-22(13-20)32(36,37)38)29-39-16-24(17-40-29)47-10-6-7-28(43)44/h8-9,11-14,16-17,23,27H,4-7,10,15,18H2,1-3H3,(H,43,44)/t23-,27+/m1/s1. The Morgan fingerprint density at radius 2 is 1.68 bits per heavy atom. The van der Waals surface area contributed by atoms with Gasteiger partial charge in [0.25, 0.3) is 0 Å². The summed E-state index contributed by atoms with van der Waals surface area (Å²) in [6.45, 7) is 4.78. The minimum absolute atomic E-state index is 0.00856. The number of anilines is 2. The van der Waals surface area contributed by atoms with Gasteiger partial charge in [-0.25, -0.2) is 14.8 Å². The number of benzene rings is 2. The molecule has 3 aromatic rings. The molecule has 0 fully saturated rings. The van der Waals surface area contributed by atoms with E-state index >= 15 is 0 Å². The molecule has 0 unspecified atom stereocenters. The molecule has 47 heavy (non-hydrogen) atoms. The van der Waals surface area contributed by atoms with E-state index in [2.05, 4.69) is 9.97 Å². The van der Waals surface area contributed by atoms with Crippen molar-refractivity contribution in [1.29, 1.82) is 0 Å². The number of carboxylic acids is 1. The van der Waals surface area contributed by atoms with Crippen molar-refractivity contribution in [2.45, 2.75) is 77.4 Å². The van der Waals surface area contributed by atoms with Crippen molar-refractivity contribution in [3.63, 3.8) is 0 Å². The van der Waals surface area contributed by atoms with E-state index in [1.165, 1.54) is 35.2 Å². The van der Waals surface area contributed by atoms with Gasteiger partial charge in [-0.05, 0) is 74.6 Å². The molecule has 9 nitrogen and oxygen atoms in total. The average Bonchev–Trinajstić information content (AvgIpc) is 3.00. The molecule has 2 atom stereocenters. The molecule has 1 aromatic heterocycles. The van der Waals surface area contributed by atoms with E-state index < -0.39 is 47.6 Å². The molecule has 0 radical (unpaired) electrons. The Bertz CT molecular complexity index is 1570. The van der Waals surface area contributed by atoms with Gasteiger partial charge in [0.1, 0.15) is 0 Å². The van der Waals surface area contributed by atoms with Crippen LogP contribution in [0.4, 0.5) is 42.8 Å². The first-order valence-electron chi connectivity index (χ1n) is 14.9. The molecule has 0 saturated heterocycles. The number of aliphatic carboxylic acids is 1. The molecular weight excluding hydrogens is 634 g/mol. The summed E-state index contributed by atoms with van der Waals surface area (Å²) in [5.41, 5.74) is -1.06. The molecule has 15 heteroatoms. The van der Waals surface area contributed by atoms with Crippen molar-refractivity contribution >= 4 is 23.7 Å². The van der Waals surface area contributed by atoms with E-state index in [-0.39, 0.29) is 67.5 Å². The molecule has 2 heterocycles. The average molecular weight is 669 g/mol. The van der Waals surface area contributed by atoms with Crippen molar-refractivity contribution in [2.75, 3.05) is 23.0 Å². The van der Waals surface area contributed by atoms with E-state index in [0.717, 1.165) is 24.3 Å². The van der Waals surface area contributed by atoms with Crippen molar-refractivity contribution in [2.24, 2.45) is 0 Å². The molecular formula is C32H34F6N4O5. The first-order valence-corrected chi connectivity index (χ1v) is 14.9. The van der Waals surface area contributed by atoms with Crippen LogP contribution in [0.2, 0.25) is 0 Å². The van der Waals surface area contributed by atoms with Gasteiger partial charge in [0.05, 0.1) is 48.5 Å². The summed E-state index contributed by atoms with van der Waals surface area (Å²) in [5, 5.41) is 8.83.